The van der Waals surface area contributed by atoms with Crippen molar-refractivity contribution in [3.05, 3.63) is 54.1 Å². The molecule has 1 aliphatic carbocycles. The molecule has 0 aliphatic heterocycles. The number of hydrogen-bond acceptors (Lipinski definition) is 4. The Morgan fingerprint density at radius 1 is 0.773 bits per heavy atom. The Morgan fingerprint density at radius 3 is 1.68 bits per heavy atom. The third-order valence-corrected chi connectivity index (χ3v) is 4.53. The van der Waals surface area contributed by atoms with Gasteiger partial charge in [0.05, 0.1) is 22.6 Å². The van der Waals surface area contributed by atoms with Gasteiger partial charge in [0, 0.05) is 0 Å². The summed E-state index contributed by atoms with van der Waals surface area (Å²) >= 11 is 0. The first kappa shape index (κ1) is 16.3. The maximum absolute atomic E-state index is 12.1. The Labute approximate surface area is 129 Å². The van der Waals surface area contributed by atoms with Gasteiger partial charge in [0.2, 0.25) is 0 Å². The van der Waals surface area contributed by atoms with Crippen LogP contribution in [-0.4, -0.2) is 34.5 Å². The van der Waals surface area contributed by atoms with E-state index in [0.29, 0.717) is 0 Å². The molecule has 0 saturated carbocycles. The smallest absolute Gasteiger partial charge is 0.205 e. The zero-order chi connectivity index (χ0) is 16.4. The van der Waals surface area contributed by atoms with Gasteiger partial charge in [-0.3, -0.25) is 0 Å². The van der Waals surface area contributed by atoms with Gasteiger partial charge in [-0.25, -0.2) is 8.42 Å². The van der Waals surface area contributed by atoms with E-state index in [-0.39, 0.29) is 16.3 Å². The topological polar surface area (TPSA) is 93.0 Å². The van der Waals surface area contributed by atoms with Crippen LogP contribution < -0.4 is 0 Å². The van der Waals surface area contributed by atoms with Crippen molar-refractivity contribution in [2.75, 3.05) is 6.26 Å². The highest BCUT2D eigenvalue weighted by Gasteiger charge is 2.13. The number of sulfonamides is 2. The van der Waals surface area contributed by atoms with E-state index < -0.39 is 20.0 Å². The highest BCUT2D eigenvalue weighted by molar-refractivity contribution is 7.90. The van der Waals surface area contributed by atoms with Crippen molar-refractivity contribution in [1.29, 1.82) is 0 Å². The molecule has 0 bridgehead atoms. The lowest BCUT2D eigenvalue weighted by atomic mass is 10.1. The standard InChI is InChI=1S/C14H14N2O4S2/c1-11-3-9-14(10-4-11)22(19,20)16-13-7-5-12(6-8-13)15-21(2,17)18/h3-10H,1-2H3. The summed E-state index contributed by atoms with van der Waals surface area (Å²) in [6, 6.07) is 6.36. The largest absolute Gasteiger partial charge is 0.282 e. The van der Waals surface area contributed by atoms with Gasteiger partial charge >= 0.3 is 0 Å². The van der Waals surface area contributed by atoms with E-state index in [2.05, 4.69) is 8.80 Å². The van der Waals surface area contributed by atoms with Crippen molar-refractivity contribution in [2.24, 2.45) is 8.80 Å². The van der Waals surface area contributed by atoms with E-state index in [1.807, 2.05) is 6.92 Å². The zero-order valence-corrected chi connectivity index (χ0v) is 13.6. The average molecular weight is 338 g/mol. The number of aryl methyl sites for hydroxylation is 1. The maximum atomic E-state index is 12.1. The van der Waals surface area contributed by atoms with E-state index in [4.69, 9.17) is 0 Å². The number of benzene rings is 1. The second-order valence-corrected chi connectivity index (χ2v) is 7.97. The lowest BCUT2D eigenvalue weighted by molar-refractivity contribution is 0.597. The molecule has 0 fully saturated rings. The zero-order valence-electron chi connectivity index (χ0n) is 12.0. The molecule has 0 aromatic heterocycles. The average Bonchev–Trinajstić information content (AvgIpc) is 2.39. The van der Waals surface area contributed by atoms with Gasteiger partial charge in [0.1, 0.15) is 0 Å². The van der Waals surface area contributed by atoms with Gasteiger partial charge in [-0.2, -0.15) is 17.2 Å². The Kier molecular flexibility index (Phi) is 4.43. The van der Waals surface area contributed by atoms with E-state index in [9.17, 15) is 16.8 Å². The summed E-state index contributed by atoms with van der Waals surface area (Å²) in [6.45, 7) is 1.86. The van der Waals surface area contributed by atoms with Crippen LogP contribution in [0, 0.1) is 6.92 Å². The van der Waals surface area contributed by atoms with Crippen LogP contribution in [-0.2, 0) is 20.0 Å². The van der Waals surface area contributed by atoms with Gasteiger partial charge in [-0.1, -0.05) is 17.7 Å². The van der Waals surface area contributed by atoms with Crippen molar-refractivity contribution < 1.29 is 16.8 Å². The van der Waals surface area contributed by atoms with Crippen LogP contribution in [0.3, 0.4) is 0 Å². The monoisotopic (exact) mass is 338 g/mol. The van der Waals surface area contributed by atoms with Crippen molar-refractivity contribution in [1.82, 2.24) is 0 Å². The molecule has 8 heteroatoms. The molecular weight excluding hydrogens is 324 g/mol. The molecule has 0 atom stereocenters. The number of rotatable bonds is 3. The second kappa shape index (κ2) is 5.98. The lowest BCUT2D eigenvalue weighted by Crippen LogP contribution is -2.06. The first-order valence-corrected chi connectivity index (χ1v) is 9.52. The van der Waals surface area contributed by atoms with Crippen LogP contribution in [0.25, 0.3) is 0 Å². The Hall–Kier alpha value is -2.06. The number of hydrogen-bond donors (Lipinski definition) is 0. The summed E-state index contributed by atoms with van der Waals surface area (Å²) in [7, 11) is -7.30. The molecule has 116 valence electrons. The Balaban J connectivity index is 2.29. The van der Waals surface area contributed by atoms with Gasteiger partial charge in [0.15, 0.2) is 0 Å². The quantitative estimate of drug-likeness (QED) is 0.783. The molecule has 0 radical (unpaired) electrons. The van der Waals surface area contributed by atoms with Crippen molar-refractivity contribution >= 4 is 31.5 Å². The van der Waals surface area contributed by atoms with E-state index >= 15 is 0 Å². The molecule has 6 nitrogen and oxygen atoms in total. The summed E-state index contributed by atoms with van der Waals surface area (Å²) in [5.41, 5.74) is 1.37. The minimum Gasteiger partial charge on any atom is -0.205 e. The fourth-order valence-corrected chi connectivity index (χ4v) is 3.16. The predicted octanol–water partition coefficient (Wildman–Crippen LogP) is 1.65. The molecule has 0 spiro atoms. The summed E-state index contributed by atoms with van der Waals surface area (Å²) in [6.07, 6.45) is 6.56. The molecule has 0 N–H and O–H groups in total. The second-order valence-electron chi connectivity index (χ2n) is 4.72. The minimum atomic E-state index is -3.80. The van der Waals surface area contributed by atoms with Gasteiger partial charge in [-0.05, 0) is 43.4 Å². The molecule has 2 rings (SSSR count). The van der Waals surface area contributed by atoms with E-state index in [0.717, 1.165) is 11.8 Å². The summed E-state index contributed by atoms with van der Waals surface area (Å²) in [5.74, 6) is 0. The molecular formula is C14H14N2O4S2. The maximum Gasteiger partial charge on any atom is 0.282 e. The Morgan fingerprint density at radius 2 is 1.23 bits per heavy atom. The van der Waals surface area contributed by atoms with Crippen LogP contribution in [0.2, 0.25) is 0 Å². The summed E-state index contributed by atoms with van der Waals surface area (Å²) in [4.78, 5) is 0.100. The highest BCUT2D eigenvalue weighted by atomic mass is 32.2. The van der Waals surface area contributed by atoms with E-state index in [1.54, 1.807) is 12.1 Å². The third kappa shape index (κ3) is 4.47. The third-order valence-electron chi connectivity index (χ3n) is 2.67. The van der Waals surface area contributed by atoms with E-state index in [1.165, 1.54) is 36.4 Å². The lowest BCUT2D eigenvalue weighted by Gasteiger charge is -2.03. The molecule has 1 aromatic rings. The normalized spacial score (nSPS) is 15.0. The predicted molar refractivity (Wildman–Crippen MR) is 86.4 cm³/mol. The van der Waals surface area contributed by atoms with Crippen LogP contribution in [0.5, 0.6) is 0 Å². The molecule has 0 unspecified atom stereocenters. The minimum absolute atomic E-state index is 0.100. The van der Waals surface area contributed by atoms with Gasteiger partial charge < -0.3 is 0 Å². The van der Waals surface area contributed by atoms with Crippen molar-refractivity contribution in [3.63, 3.8) is 0 Å². The molecule has 1 aliphatic rings. The molecule has 0 amide bonds. The van der Waals surface area contributed by atoms with Crippen LogP contribution in [0.15, 0.2) is 62.3 Å². The fourth-order valence-electron chi connectivity index (χ4n) is 1.67. The first-order valence-electron chi connectivity index (χ1n) is 6.23. The van der Waals surface area contributed by atoms with Crippen LogP contribution in [0.4, 0.5) is 0 Å². The SMILES string of the molecule is Cc1ccc(S(=O)(=O)N=C2C=CC(=NS(C)(=O)=O)C=C2)cc1. The fraction of sp³-hybridized carbons (Fsp3) is 0.143. The molecule has 0 saturated heterocycles. The highest BCUT2D eigenvalue weighted by Crippen LogP contribution is 2.14. The molecule has 22 heavy (non-hydrogen) atoms. The van der Waals surface area contributed by atoms with Crippen LogP contribution >= 0.6 is 0 Å². The first-order chi connectivity index (χ1) is 10.2. The van der Waals surface area contributed by atoms with Crippen LogP contribution in [0.1, 0.15) is 5.56 Å². The van der Waals surface area contributed by atoms with Gasteiger partial charge in [0.25, 0.3) is 20.0 Å². The number of nitrogens with zero attached hydrogens (tertiary/aromatic N) is 2. The van der Waals surface area contributed by atoms with Gasteiger partial charge in [-0.15, -0.1) is 0 Å². The molecule has 0 heterocycles. The van der Waals surface area contributed by atoms with Crippen molar-refractivity contribution in [2.45, 2.75) is 11.8 Å². The Bertz CT molecular complexity index is 886. The summed E-state index contributed by atoms with van der Waals surface area (Å²) in [5, 5.41) is 0. The van der Waals surface area contributed by atoms with Crippen molar-refractivity contribution in [3.8, 4) is 0 Å². The number of allylic oxidation sites excluding steroid dienone is 4. The summed E-state index contributed by atoms with van der Waals surface area (Å²) < 4.78 is 53.6. The molecule has 1 aromatic carbocycles.